The molecule has 3 unspecified atom stereocenters. The Morgan fingerprint density at radius 3 is 0.847 bits per heavy atom. The number of pyridine rings is 3. The lowest BCUT2D eigenvalue weighted by Gasteiger charge is -2.33. The molecule has 12 aliphatic rings. The van der Waals surface area contributed by atoms with Crippen LogP contribution in [-0.2, 0) is 17.0 Å². The van der Waals surface area contributed by atoms with Gasteiger partial charge in [-0.2, -0.15) is 27.4 Å². The van der Waals surface area contributed by atoms with Gasteiger partial charge in [-0.05, 0) is 195 Å². The van der Waals surface area contributed by atoms with Gasteiger partial charge in [0.2, 0.25) is 38.7 Å². The molecule has 690 valence electrons. The van der Waals surface area contributed by atoms with Crippen LogP contribution in [0, 0.1) is 0 Å². The van der Waals surface area contributed by atoms with Crippen LogP contribution in [0.1, 0.15) is 33.4 Å². The van der Waals surface area contributed by atoms with Gasteiger partial charge >= 0.3 is 28.3 Å². The smallest absolute Gasteiger partial charge is 0.320 e. The first-order valence-corrected chi connectivity index (χ1v) is 52.0. The molecule has 0 fully saturated rings. The molecule has 0 N–H and O–H groups in total. The molecule has 12 aliphatic heterocycles. The van der Waals surface area contributed by atoms with Crippen molar-refractivity contribution in [1.29, 1.82) is 0 Å². The second-order valence-corrected chi connectivity index (χ2v) is 41.8. The molecule has 3 atom stereocenters. The minimum atomic E-state index is -0.664. The number of aromatic nitrogens is 15. The van der Waals surface area contributed by atoms with Crippen LogP contribution in [0.25, 0.3) is 182 Å². The summed E-state index contributed by atoms with van der Waals surface area (Å²) in [5.41, 5.74) is 37.8. The fourth-order valence-electron chi connectivity index (χ4n) is 29.3. The van der Waals surface area contributed by atoms with Crippen molar-refractivity contribution >= 4 is 185 Å². The van der Waals surface area contributed by atoms with E-state index in [1.54, 1.807) is 0 Å². The van der Waals surface area contributed by atoms with Crippen LogP contribution in [0.15, 0.2) is 493 Å². The second kappa shape index (κ2) is 27.6. The molecular formula is C129H81B3N18+6. The third-order valence-electron chi connectivity index (χ3n) is 35.1. The van der Waals surface area contributed by atoms with E-state index < -0.39 is 17.0 Å². The number of para-hydroxylation sites is 6. The Bertz CT molecular complexity index is 10900. The maximum Gasteiger partial charge on any atom is 0.394 e. The molecule has 0 aliphatic carbocycles. The molecule has 15 aromatic carbocycles. The van der Waals surface area contributed by atoms with Crippen LogP contribution >= 0.6 is 0 Å². The maximum atomic E-state index is 2.56. The van der Waals surface area contributed by atoms with Crippen molar-refractivity contribution in [2.45, 2.75) is 17.0 Å². The second-order valence-electron chi connectivity index (χ2n) is 41.8. The number of benzene rings is 15. The first-order chi connectivity index (χ1) is 74.5. The van der Waals surface area contributed by atoms with Gasteiger partial charge < -0.3 is 28.4 Å². The van der Waals surface area contributed by atoms with Crippen LogP contribution in [-0.4, -0.2) is 61.6 Å². The van der Waals surface area contributed by atoms with E-state index in [1.165, 1.54) is 226 Å². The molecule has 27 aromatic rings. The summed E-state index contributed by atoms with van der Waals surface area (Å²) in [6.07, 6.45) is 34.2. The highest BCUT2D eigenvalue weighted by Gasteiger charge is 2.72. The van der Waals surface area contributed by atoms with Gasteiger partial charge in [0.1, 0.15) is 84.1 Å². The summed E-state index contributed by atoms with van der Waals surface area (Å²) in [4.78, 5) is 6.76. The minimum Gasteiger partial charge on any atom is -0.320 e. The molecular weight excluding hydrogens is 1830 g/mol. The summed E-state index contributed by atoms with van der Waals surface area (Å²) in [5.74, 6) is 14.9. The summed E-state index contributed by atoms with van der Waals surface area (Å²) < 4.78 is 37.5. The lowest BCUT2D eigenvalue weighted by molar-refractivity contribution is -0.993. The molecule has 150 heavy (non-hydrogen) atoms. The Balaban J connectivity index is 0.0000000910. The van der Waals surface area contributed by atoms with Gasteiger partial charge in [0, 0.05) is 59.9 Å². The maximum absolute atomic E-state index is 2.56. The van der Waals surface area contributed by atoms with E-state index in [9.17, 15) is 0 Å². The van der Waals surface area contributed by atoms with E-state index in [2.05, 4.69) is 577 Å². The normalized spacial score (nSPS) is 17.4. The van der Waals surface area contributed by atoms with E-state index in [4.69, 9.17) is 0 Å². The van der Waals surface area contributed by atoms with Gasteiger partial charge in [0.15, 0.2) is 16.9 Å². The third-order valence-corrected chi connectivity index (χ3v) is 35.1. The number of anilines is 3. The van der Waals surface area contributed by atoms with Crippen molar-refractivity contribution in [2.75, 3.05) is 14.7 Å². The predicted octanol–water partition coefficient (Wildman–Crippen LogP) is 20.4. The fourth-order valence-corrected chi connectivity index (χ4v) is 29.3. The largest absolute Gasteiger partial charge is 0.394 e. The van der Waals surface area contributed by atoms with E-state index in [1.807, 2.05) is 0 Å². The first-order valence-electron chi connectivity index (χ1n) is 52.0. The Hall–Kier alpha value is -19.8. The predicted molar refractivity (Wildman–Crippen MR) is 597 cm³/mol. The Labute approximate surface area is 857 Å². The van der Waals surface area contributed by atoms with Gasteiger partial charge in [0.05, 0.1) is 98.1 Å². The lowest BCUT2D eigenvalue weighted by Crippen LogP contribution is -2.76. The molecule has 0 saturated heterocycles. The van der Waals surface area contributed by atoms with Crippen molar-refractivity contribution < 1.29 is 27.7 Å². The van der Waals surface area contributed by atoms with Crippen LogP contribution in [0.4, 0.5) is 17.1 Å². The number of hydrogen-bond donors (Lipinski definition) is 0. The van der Waals surface area contributed by atoms with Gasteiger partial charge in [-0.3, -0.25) is 0 Å². The Morgan fingerprint density at radius 1 is 0.193 bits per heavy atom. The van der Waals surface area contributed by atoms with E-state index >= 15 is 0 Å². The van der Waals surface area contributed by atoms with Crippen molar-refractivity contribution in [3.8, 4) is 51.3 Å². The topological polar surface area (TPSA) is 77.4 Å². The molecule has 24 heterocycles. The van der Waals surface area contributed by atoms with Gasteiger partial charge in [-0.15, -0.1) is 14.0 Å². The lowest BCUT2D eigenvalue weighted by atomic mass is 9.45. The number of fused-ring (bicyclic) bond motifs is 31. The summed E-state index contributed by atoms with van der Waals surface area (Å²) in [7, 11) is 0. The Kier molecular flexibility index (Phi) is 14.5. The summed E-state index contributed by atoms with van der Waals surface area (Å²) >= 11 is 0. The monoisotopic (exact) mass is 1910 g/mol. The standard InChI is InChI=1S/3C43H27BN6/c1-2-10-28(11-3-1)44-21-24-45(25-22-44)29-26-47-36-20-19-32-30-12-4-6-15-34(30)49-37-17-8-18-38-39(37)43(48(47)27-29,40(36)41(32)49)46-23-9-14-33-31-13-5-7-16-35(31)50(38)42(33)46;1-2-10-28(11-3-1)44-21-24-45(25-22-44)29-26-47-36-17-8-18-37-39(36)43(48(47)27-29)40-38(20-19-32-30-12-4-6-15-34(30)49(37)41(32)40)50-35-16-7-5-13-31(35)33-14-9-23-46(43)42(33)50;1-2-10-28(11-3-1)44-21-24-45(25-22-44)29-26-47-36-19-17-32-30-12-4-6-14-34(30)49-37-20-18-33-31-13-5-7-15-35(31)50-38-16-8-9-23-46(38)43(48(47)27-29,39(36)41(32)49)40(37)42(33)50/h3*1-27H/q3*+2. The van der Waals surface area contributed by atoms with Gasteiger partial charge in [0.25, 0.3) is 5.82 Å². The molecule has 21 heteroatoms. The fraction of sp³-hybridized carbons (Fsp3) is 0.0233. The zero-order valence-electron chi connectivity index (χ0n) is 80.5. The van der Waals surface area contributed by atoms with Crippen molar-refractivity contribution in [3.05, 3.63) is 526 Å². The summed E-state index contributed by atoms with van der Waals surface area (Å²) in [6, 6.07) is 134. The number of rotatable bonds is 6. The molecule has 0 radical (unpaired) electrons. The van der Waals surface area contributed by atoms with Crippen LogP contribution in [0.2, 0.25) is 0 Å². The zero-order valence-corrected chi connectivity index (χ0v) is 80.5. The van der Waals surface area contributed by atoms with E-state index in [0.29, 0.717) is 0 Å². The van der Waals surface area contributed by atoms with Gasteiger partial charge in [-0.1, -0.05) is 266 Å². The molecule has 0 saturated carbocycles. The van der Waals surface area contributed by atoms with Crippen molar-refractivity contribution in [2.24, 2.45) is 0 Å². The zero-order chi connectivity index (χ0) is 96.9. The van der Waals surface area contributed by atoms with Crippen LogP contribution in [0.3, 0.4) is 0 Å². The van der Waals surface area contributed by atoms with E-state index in [0.717, 1.165) is 22.9 Å². The van der Waals surface area contributed by atoms with Crippen molar-refractivity contribution in [3.63, 3.8) is 0 Å². The van der Waals surface area contributed by atoms with E-state index in [-0.39, 0.29) is 20.1 Å². The van der Waals surface area contributed by atoms with Crippen LogP contribution < -0.4 is 58.8 Å². The highest BCUT2D eigenvalue weighted by atomic mass is 15.6. The summed E-state index contributed by atoms with van der Waals surface area (Å²) in [5, 5.41) is 15.3. The Morgan fingerprint density at radius 2 is 0.460 bits per heavy atom. The average molecular weight is 1920 g/mol. The third kappa shape index (κ3) is 9.19. The minimum absolute atomic E-state index is 0.255. The number of nitrogens with zero attached hydrogens (tertiary/aromatic N) is 18. The molecule has 39 rings (SSSR count). The number of hydrogen-bond acceptors (Lipinski definition) is 3. The molecule has 18 nitrogen and oxygen atoms in total. The molecule has 3 spiro atoms. The highest BCUT2D eigenvalue weighted by molar-refractivity contribution is 6.83. The molecule has 0 bridgehead atoms. The summed E-state index contributed by atoms with van der Waals surface area (Å²) in [6.45, 7) is 0.765. The molecule has 0 amide bonds. The first kappa shape index (κ1) is 78.7. The quantitative estimate of drug-likeness (QED) is 0.123. The van der Waals surface area contributed by atoms with Gasteiger partial charge in [-0.25, -0.2) is 0 Å². The average Bonchev–Trinajstić information content (AvgIpc) is 1.47. The highest BCUT2D eigenvalue weighted by Crippen LogP contribution is 2.60. The van der Waals surface area contributed by atoms with Crippen LogP contribution in [0.5, 0.6) is 0 Å². The molecule has 12 aromatic heterocycles. The van der Waals surface area contributed by atoms with Crippen molar-refractivity contribution in [1.82, 2.24) is 41.4 Å². The SMILES string of the molecule is C1=CN(c2cn3[n+](c2)C24c5c(cccc5-3)-n3c5ccccc5c5ccc(c2c53)-n2c3ccccc3c3ccc[n+]4c32)C=CB1c1ccccc1.C1=CN(c2cn3[n+](c2)C24c5c(cccc5-n5c6ccccc6c6ccc[n+]2c65)-n2c5ccccc5c5ccc-3c4c52)C=CB1c1ccccc1.C1=CN(c2cn3[n+](c2)C24c5c-3ccc3c6ccccc6n(c53)-c3ccc5c6ccccc6n(c5c32)-c2cccc[n+]24)C=CB1c1ccccc1.